The third-order valence-electron chi connectivity index (χ3n) is 4.38. The number of ether oxygens (including phenoxy) is 2. The number of esters is 1. The van der Waals surface area contributed by atoms with Gasteiger partial charge in [0.15, 0.2) is 12.4 Å². The Hall–Kier alpha value is -1.89. The number of nitrogens with zero attached hydrogens (tertiary/aromatic N) is 1. The van der Waals surface area contributed by atoms with Crippen LogP contribution in [0, 0.1) is 5.92 Å². The Balaban J connectivity index is 2.00. The molecule has 1 aliphatic heterocycles. The number of benzene rings is 1. The Labute approximate surface area is 168 Å². The second kappa shape index (κ2) is 8.87. The van der Waals surface area contributed by atoms with Gasteiger partial charge in [-0.25, -0.2) is 9.59 Å². The monoisotopic (exact) mass is 439 g/mol. The summed E-state index contributed by atoms with van der Waals surface area (Å²) in [6, 6.07) is 6.11. The van der Waals surface area contributed by atoms with Crippen molar-refractivity contribution in [2.24, 2.45) is 5.92 Å². The van der Waals surface area contributed by atoms with Crippen LogP contribution in [0.1, 0.15) is 50.9 Å². The maximum Gasteiger partial charge on any atom is 0.411 e. The molecule has 7 heteroatoms. The molecule has 0 N–H and O–H groups in total. The minimum Gasteiger partial charge on any atom is -0.456 e. The van der Waals surface area contributed by atoms with Crippen molar-refractivity contribution in [3.63, 3.8) is 0 Å². The van der Waals surface area contributed by atoms with E-state index in [1.165, 1.54) is 4.90 Å². The highest BCUT2D eigenvalue weighted by Gasteiger charge is 2.41. The molecule has 1 aromatic carbocycles. The van der Waals surface area contributed by atoms with Gasteiger partial charge in [-0.2, -0.15) is 0 Å². The number of Topliss-reactive ketones (excluding diaryl/α,β-unsaturated/α-hetero) is 1. The first-order valence-corrected chi connectivity index (χ1v) is 9.85. The maximum atomic E-state index is 12.5. The van der Waals surface area contributed by atoms with Gasteiger partial charge in [-0.05, 0) is 45.2 Å². The smallest absolute Gasteiger partial charge is 0.411 e. The van der Waals surface area contributed by atoms with Crippen molar-refractivity contribution in [3.8, 4) is 0 Å². The molecule has 0 saturated carbocycles. The van der Waals surface area contributed by atoms with E-state index in [9.17, 15) is 14.4 Å². The van der Waals surface area contributed by atoms with Crippen molar-refractivity contribution in [1.82, 2.24) is 4.90 Å². The molecule has 27 heavy (non-hydrogen) atoms. The predicted molar refractivity (Wildman–Crippen MR) is 105 cm³/mol. The summed E-state index contributed by atoms with van der Waals surface area (Å²) < 4.78 is 11.5. The highest BCUT2D eigenvalue weighted by Crippen LogP contribution is 2.28. The van der Waals surface area contributed by atoms with Gasteiger partial charge in [0, 0.05) is 16.6 Å². The molecule has 2 atom stereocenters. The lowest BCUT2D eigenvalue weighted by molar-refractivity contribution is -0.147. The number of carbonyl (C=O) groups is 3. The van der Waals surface area contributed by atoms with E-state index in [1.807, 2.05) is 6.92 Å². The van der Waals surface area contributed by atoms with Gasteiger partial charge < -0.3 is 9.47 Å². The third-order valence-corrected chi connectivity index (χ3v) is 4.91. The summed E-state index contributed by atoms with van der Waals surface area (Å²) in [5, 5.41) is 0. The zero-order chi connectivity index (χ0) is 20.2. The SMILES string of the molecule is CCC1C[C@@H](C(=O)OCC(=O)c2ccc(Br)cc2)N(C(=O)OC(C)(C)C)C1. The van der Waals surface area contributed by atoms with E-state index in [-0.39, 0.29) is 18.3 Å². The van der Waals surface area contributed by atoms with Crippen LogP contribution < -0.4 is 0 Å². The van der Waals surface area contributed by atoms with Crippen molar-refractivity contribution in [2.45, 2.75) is 52.2 Å². The summed E-state index contributed by atoms with van der Waals surface area (Å²) in [7, 11) is 0. The van der Waals surface area contributed by atoms with Crippen molar-refractivity contribution in [2.75, 3.05) is 13.2 Å². The van der Waals surface area contributed by atoms with Crippen molar-refractivity contribution in [3.05, 3.63) is 34.3 Å². The lowest BCUT2D eigenvalue weighted by Gasteiger charge is -2.27. The first-order chi connectivity index (χ1) is 12.6. The summed E-state index contributed by atoms with van der Waals surface area (Å²) in [5.74, 6) is -0.649. The van der Waals surface area contributed by atoms with Gasteiger partial charge in [-0.15, -0.1) is 0 Å². The Morgan fingerprint density at radius 3 is 2.37 bits per heavy atom. The highest BCUT2D eigenvalue weighted by molar-refractivity contribution is 9.10. The van der Waals surface area contributed by atoms with Crippen molar-refractivity contribution < 1.29 is 23.9 Å². The highest BCUT2D eigenvalue weighted by atomic mass is 79.9. The van der Waals surface area contributed by atoms with E-state index in [1.54, 1.807) is 45.0 Å². The fourth-order valence-corrected chi connectivity index (χ4v) is 3.18. The normalized spacial score (nSPS) is 19.7. The quantitative estimate of drug-likeness (QED) is 0.507. The first kappa shape index (κ1) is 21.4. The minimum absolute atomic E-state index is 0.206. The number of ketones is 1. The fraction of sp³-hybridized carbons (Fsp3) is 0.550. The van der Waals surface area contributed by atoms with Crippen LogP contribution in [0.4, 0.5) is 4.79 Å². The molecular weight excluding hydrogens is 414 g/mol. The van der Waals surface area contributed by atoms with E-state index < -0.39 is 23.7 Å². The average molecular weight is 440 g/mol. The van der Waals surface area contributed by atoms with E-state index in [0.717, 1.165) is 10.9 Å². The van der Waals surface area contributed by atoms with Crippen LogP contribution in [-0.2, 0) is 14.3 Å². The maximum absolute atomic E-state index is 12.5. The van der Waals surface area contributed by atoms with Gasteiger partial charge >= 0.3 is 12.1 Å². The van der Waals surface area contributed by atoms with Crippen molar-refractivity contribution in [1.29, 1.82) is 0 Å². The number of hydrogen-bond acceptors (Lipinski definition) is 5. The molecule has 0 aliphatic carbocycles. The molecule has 1 aromatic rings. The van der Waals surface area contributed by atoms with E-state index in [2.05, 4.69) is 15.9 Å². The number of hydrogen-bond donors (Lipinski definition) is 0. The Morgan fingerprint density at radius 1 is 1.19 bits per heavy atom. The molecular formula is C20H26BrNO5. The standard InChI is InChI=1S/C20H26BrNO5/c1-5-13-10-16(22(11-13)19(25)27-20(2,3)4)18(24)26-12-17(23)14-6-8-15(21)9-7-14/h6-9,13,16H,5,10-12H2,1-4H3/t13?,16-/m0/s1. The second-order valence-electron chi connectivity index (χ2n) is 7.70. The largest absolute Gasteiger partial charge is 0.456 e. The van der Waals surface area contributed by atoms with Crippen LogP contribution >= 0.6 is 15.9 Å². The van der Waals surface area contributed by atoms with Crippen LogP contribution in [0.5, 0.6) is 0 Å². The third kappa shape index (κ3) is 6.06. The van der Waals surface area contributed by atoms with E-state index in [4.69, 9.17) is 9.47 Å². The van der Waals surface area contributed by atoms with E-state index in [0.29, 0.717) is 18.5 Å². The zero-order valence-corrected chi connectivity index (χ0v) is 17.7. The molecule has 1 unspecified atom stereocenters. The van der Waals surface area contributed by atoms with Gasteiger partial charge in [-0.3, -0.25) is 9.69 Å². The molecule has 6 nitrogen and oxygen atoms in total. The van der Waals surface area contributed by atoms with E-state index >= 15 is 0 Å². The summed E-state index contributed by atoms with van der Waals surface area (Å²) in [6.07, 6.45) is 0.835. The zero-order valence-electron chi connectivity index (χ0n) is 16.2. The Morgan fingerprint density at radius 2 is 1.81 bits per heavy atom. The molecule has 0 bridgehead atoms. The summed E-state index contributed by atoms with van der Waals surface area (Å²) in [5.41, 5.74) is -0.180. The summed E-state index contributed by atoms with van der Waals surface area (Å²) in [4.78, 5) is 38.6. The lowest BCUT2D eigenvalue weighted by atomic mass is 10.0. The number of rotatable bonds is 5. The van der Waals surface area contributed by atoms with Gasteiger partial charge in [0.2, 0.25) is 0 Å². The summed E-state index contributed by atoms with van der Waals surface area (Å²) in [6.45, 7) is 7.46. The average Bonchev–Trinajstić information content (AvgIpc) is 3.03. The van der Waals surface area contributed by atoms with Gasteiger partial charge in [0.05, 0.1) is 0 Å². The number of carbonyl (C=O) groups excluding carboxylic acids is 3. The molecule has 1 saturated heterocycles. The van der Waals surface area contributed by atoms with Gasteiger partial charge in [0.1, 0.15) is 11.6 Å². The first-order valence-electron chi connectivity index (χ1n) is 9.05. The molecule has 0 radical (unpaired) electrons. The lowest BCUT2D eigenvalue weighted by Crippen LogP contribution is -2.44. The number of halogens is 1. The molecule has 1 amide bonds. The minimum atomic E-state index is -0.720. The Bertz CT molecular complexity index is 695. The van der Waals surface area contributed by atoms with Crippen LogP contribution in [0.2, 0.25) is 0 Å². The molecule has 0 aromatic heterocycles. The van der Waals surface area contributed by atoms with Crippen molar-refractivity contribution >= 4 is 33.8 Å². The van der Waals surface area contributed by atoms with Crippen LogP contribution in [0.3, 0.4) is 0 Å². The molecule has 0 spiro atoms. The Kier molecular flexibility index (Phi) is 7.03. The van der Waals surface area contributed by atoms with Crippen LogP contribution in [0.25, 0.3) is 0 Å². The number of likely N-dealkylation sites (tertiary alicyclic amines) is 1. The molecule has 1 fully saturated rings. The van der Waals surface area contributed by atoms with Gasteiger partial charge in [-0.1, -0.05) is 41.4 Å². The predicted octanol–water partition coefficient (Wildman–Crippen LogP) is 4.21. The second-order valence-corrected chi connectivity index (χ2v) is 8.61. The fourth-order valence-electron chi connectivity index (χ4n) is 2.92. The van der Waals surface area contributed by atoms with Crippen LogP contribution in [0.15, 0.2) is 28.7 Å². The molecule has 1 aliphatic rings. The number of amides is 1. The van der Waals surface area contributed by atoms with Gasteiger partial charge in [0.25, 0.3) is 0 Å². The molecule has 148 valence electrons. The topological polar surface area (TPSA) is 72.9 Å². The molecule has 1 heterocycles. The van der Waals surface area contributed by atoms with Crippen LogP contribution in [-0.4, -0.2) is 47.5 Å². The molecule has 2 rings (SSSR count). The summed E-state index contributed by atoms with van der Waals surface area (Å²) >= 11 is 3.31.